The maximum atomic E-state index is 5.93. The predicted octanol–water partition coefficient (Wildman–Crippen LogP) is 1.34. The lowest BCUT2D eigenvalue weighted by molar-refractivity contribution is 0.327. The number of anilines is 1. The van der Waals surface area contributed by atoms with Gasteiger partial charge in [0.05, 0.1) is 17.7 Å². The molecule has 0 amide bonds. The lowest BCUT2D eigenvalue weighted by Gasteiger charge is -2.07. The maximum Gasteiger partial charge on any atom is 0.241 e. The second kappa shape index (κ2) is 5.05. The van der Waals surface area contributed by atoms with Gasteiger partial charge in [-0.2, -0.15) is 10.1 Å². The Balaban J connectivity index is 2.23. The summed E-state index contributed by atoms with van der Waals surface area (Å²) < 4.78 is 7.04. The molecule has 2 aromatic heterocycles. The van der Waals surface area contributed by atoms with Crippen LogP contribution in [0.4, 0.5) is 5.69 Å². The summed E-state index contributed by atoms with van der Waals surface area (Å²) >= 11 is 1.44. The lowest BCUT2D eigenvalue weighted by Crippen LogP contribution is -2.02. The number of aryl methyl sites for hydroxylation is 1. The first-order valence-electron chi connectivity index (χ1n) is 5.10. The molecule has 0 aliphatic heterocycles. The van der Waals surface area contributed by atoms with E-state index in [9.17, 15) is 0 Å². The topological polar surface area (TPSA) is 78.9 Å². The molecule has 0 unspecified atom stereocenters. The summed E-state index contributed by atoms with van der Waals surface area (Å²) in [5.41, 5.74) is 6.39. The number of rotatable bonds is 4. The van der Waals surface area contributed by atoms with Crippen LogP contribution in [0, 0.1) is 0 Å². The van der Waals surface area contributed by atoms with Crippen LogP contribution in [0.25, 0.3) is 0 Å². The quantitative estimate of drug-likeness (QED) is 0.826. The highest BCUT2D eigenvalue weighted by Crippen LogP contribution is 2.33. The van der Waals surface area contributed by atoms with Crippen LogP contribution in [0.15, 0.2) is 28.6 Å². The summed E-state index contributed by atoms with van der Waals surface area (Å²) in [6.45, 7) is 2.41. The molecule has 0 radical (unpaired) electrons. The average Bonchev–Trinajstić information content (AvgIpc) is 2.70. The van der Waals surface area contributed by atoms with E-state index < -0.39 is 0 Å². The highest BCUT2D eigenvalue weighted by Gasteiger charge is 2.11. The van der Waals surface area contributed by atoms with Crippen LogP contribution in [0.1, 0.15) is 6.92 Å². The molecule has 0 spiro atoms. The zero-order valence-electron chi connectivity index (χ0n) is 9.62. The van der Waals surface area contributed by atoms with Gasteiger partial charge in [-0.1, -0.05) is 11.8 Å². The van der Waals surface area contributed by atoms with Gasteiger partial charge in [-0.25, -0.2) is 4.98 Å². The Morgan fingerprint density at radius 2 is 2.29 bits per heavy atom. The van der Waals surface area contributed by atoms with Crippen molar-refractivity contribution in [1.29, 1.82) is 0 Å². The first-order valence-corrected chi connectivity index (χ1v) is 5.92. The molecule has 0 saturated carbocycles. The zero-order valence-corrected chi connectivity index (χ0v) is 10.4. The van der Waals surface area contributed by atoms with E-state index in [-0.39, 0.29) is 0 Å². The minimum Gasteiger partial charge on any atom is -0.476 e. The first kappa shape index (κ1) is 11.7. The van der Waals surface area contributed by atoms with Gasteiger partial charge >= 0.3 is 0 Å². The number of ether oxygens (including phenoxy) is 1. The highest BCUT2D eigenvalue weighted by molar-refractivity contribution is 7.99. The third-order valence-electron chi connectivity index (χ3n) is 1.99. The van der Waals surface area contributed by atoms with Crippen molar-refractivity contribution in [2.75, 3.05) is 12.3 Å². The molecule has 2 heterocycles. The van der Waals surface area contributed by atoms with Crippen LogP contribution in [0.3, 0.4) is 0 Å². The van der Waals surface area contributed by atoms with E-state index in [1.807, 2.05) is 20.2 Å². The Bertz CT molecular complexity index is 513. The molecule has 0 aromatic carbocycles. The molecule has 0 saturated heterocycles. The normalized spacial score (nSPS) is 10.5. The van der Waals surface area contributed by atoms with Gasteiger partial charge in [0, 0.05) is 13.2 Å². The Kier molecular flexibility index (Phi) is 3.48. The summed E-state index contributed by atoms with van der Waals surface area (Å²) in [6, 6.07) is 0. The number of nitrogens with zero attached hydrogens (tertiary/aromatic N) is 4. The molecule has 6 nitrogen and oxygen atoms in total. The van der Waals surface area contributed by atoms with Crippen molar-refractivity contribution in [3.05, 3.63) is 18.7 Å². The summed E-state index contributed by atoms with van der Waals surface area (Å²) in [4.78, 5) is 9.09. The molecular weight excluding hydrogens is 238 g/mol. The molecule has 0 atom stereocenters. The monoisotopic (exact) mass is 251 g/mol. The molecular formula is C10H13N5OS. The van der Waals surface area contributed by atoms with Gasteiger partial charge in [0.15, 0.2) is 0 Å². The number of hydrogen-bond acceptors (Lipinski definition) is 6. The molecule has 0 aliphatic carbocycles. The minimum atomic E-state index is 0.425. The third kappa shape index (κ3) is 2.68. The molecule has 0 fully saturated rings. The van der Waals surface area contributed by atoms with E-state index in [2.05, 4.69) is 15.1 Å². The van der Waals surface area contributed by atoms with Crippen molar-refractivity contribution in [3.63, 3.8) is 0 Å². The molecule has 90 valence electrons. The van der Waals surface area contributed by atoms with Crippen LogP contribution >= 0.6 is 11.8 Å². The van der Waals surface area contributed by atoms with E-state index >= 15 is 0 Å². The zero-order chi connectivity index (χ0) is 12.3. The van der Waals surface area contributed by atoms with Gasteiger partial charge < -0.3 is 10.5 Å². The van der Waals surface area contributed by atoms with E-state index in [0.29, 0.717) is 23.2 Å². The number of nitrogens with two attached hydrogens (primary N) is 1. The highest BCUT2D eigenvalue weighted by atomic mass is 32.2. The van der Waals surface area contributed by atoms with Gasteiger partial charge in [0.1, 0.15) is 17.0 Å². The molecule has 0 aliphatic rings. The molecule has 2 rings (SSSR count). The average molecular weight is 251 g/mol. The Hall–Kier alpha value is -1.76. The predicted molar refractivity (Wildman–Crippen MR) is 64.9 cm³/mol. The first-order chi connectivity index (χ1) is 8.20. The Morgan fingerprint density at radius 1 is 1.47 bits per heavy atom. The number of hydrogen-bond donors (Lipinski definition) is 1. The fourth-order valence-electron chi connectivity index (χ4n) is 1.26. The van der Waals surface area contributed by atoms with Crippen LogP contribution in [0.5, 0.6) is 5.88 Å². The Labute approximate surface area is 103 Å². The summed E-state index contributed by atoms with van der Waals surface area (Å²) in [5.74, 6) is 0.425. The van der Waals surface area contributed by atoms with Gasteiger partial charge in [-0.05, 0) is 6.92 Å². The van der Waals surface area contributed by atoms with Gasteiger partial charge in [-0.15, -0.1) is 0 Å². The van der Waals surface area contributed by atoms with Crippen LogP contribution in [0.2, 0.25) is 0 Å². The van der Waals surface area contributed by atoms with Crippen LogP contribution in [-0.2, 0) is 7.05 Å². The Morgan fingerprint density at radius 3 is 2.94 bits per heavy atom. The van der Waals surface area contributed by atoms with E-state index in [1.165, 1.54) is 18.1 Å². The van der Waals surface area contributed by atoms with E-state index in [0.717, 1.165) is 4.90 Å². The molecule has 2 N–H and O–H groups in total. The largest absolute Gasteiger partial charge is 0.476 e. The SMILES string of the molecule is CCOc1ncnc(Sc2cnn(C)c2)c1N. The summed E-state index contributed by atoms with van der Waals surface area (Å²) in [5, 5.41) is 4.76. The number of aromatic nitrogens is 4. The fourth-order valence-corrected chi connectivity index (χ4v) is 2.09. The second-order valence-electron chi connectivity index (χ2n) is 3.28. The third-order valence-corrected chi connectivity index (χ3v) is 2.95. The smallest absolute Gasteiger partial charge is 0.241 e. The van der Waals surface area contributed by atoms with Crippen molar-refractivity contribution in [2.24, 2.45) is 7.05 Å². The lowest BCUT2D eigenvalue weighted by atomic mass is 10.5. The van der Waals surface area contributed by atoms with Crippen LogP contribution < -0.4 is 10.5 Å². The van der Waals surface area contributed by atoms with E-state index in [1.54, 1.807) is 10.9 Å². The fraction of sp³-hybridized carbons (Fsp3) is 0.300. The van der Waals surface area contributed by atoms with Gasteiger partial charge in [0.2, 0.25) is 5.88 Å². The van der Waals surface area contributed by atoms with Gasteiger partial charge in [-0.3, -0.25) is 4.68 Å². The van der Waals surface area contributed by atoms with E-state index in [4.69, 9.17) is 10.5 Å². The van der Waals surface area contributed by atoms with Crippen molar-refractivity contribution in [3.8, 4) is 5.88 Å². The summed E-state index contributed by atoms with van der Waals surface area (Å²) in [6.07, 6.45) is 5.10. The van der Waals surface area contributed by atoms with Crippen molar-refractivity contribution < 1.29 is 4.74 Å². The van der Waals surface area contributed by atoms with Crippen molar-refractivity contribution in [1.82, 2.24) is 19.7 Å². The minimum absolute atomic E-state index is 0.425. The standard InChI is InChI=1S/C10H13N5OS/c1-3-16-9-8(11)10(13-6-12-9)17-7-4-14-15(2)5-7/h4-6H,3,11H2,1-2H3. The second-order valence-corrected chi connectivity index (χ2v) is 4.34. The summed E-state index contributed by atoms with van der Waals surface area (Å²) in [7, 11) is 1.86. The van der Waals surface area contributed by atoms with Crippen molar-refractivity contribution >= 4 is 17.4 Å². The van der Waals surface area contributed by atoms with Crippen molar-refractivity contribution in [2.45, 2.75) is 16.8 Å². The number of nitrogen functional groups attached to an aromatic ring is 1. The van der Waals surface area contributed by atoms with Crippen LogP contribution in [-0.4, -0.2) is 26.4 Å². The molecule has 2 aromatic rings. The molecule has 7 heteroatoms. The van der Waals surface area contributed by atoms with Gasteiger partial charge in [0.25, 0.3) is 0 Å². The molecule has 0 bridgehead atoms. The maximum absolute atomic E-state index is 5.93. The molecule has 17 heavy (non-hydrogen) atoms.